The Balaban J connectivity index is 1.56. The number of rotatable bonds is 4. The fraction of sp³-hybridized carbons (Fsp3) is 0.273. The van der Waals surface area contributed by atoms with Crippen molar-refractivity contribution in [1.82, 2.24) is 10.3 Å². The minimum Gasteiger partial charge on any atom is -0.316 e. The molecule has 1 N–H and O–H groups in total. The van der Waals surface area contributed by atoms with Gasteiger partial charge in [-0.25, -0.2) is 4.39 Å². The van der Waals surface area contributed by atoms with Gasteiger partial charge in [0.15, 0.2) is 0 Å². The Hall–Kier alpha value is -2.79. The third-order valence-electron chi connectivity index (χ3n) is 5.25. The van der Waals surface area contributed by atoms with Crippen LogP contribution in [0.4, 0.5) is 10.1 Å². The van der Waals surface area contributed by atoms with Crippen molar-refractivity contribution in [1.29, 1.82) is 0 Å². The van der Waals surface area contributed by atoms with Gasteiger partial charge in [-0.3, -0.25) is 9.78 Å². The van der Waals surface area contributed by atoms with Crippen LogP contribution in [-0.2, 0) is 4.79 Å². The molecular weight excluding hydrogens is 341 g/mol. The van der Waals surface area contributed by atoms with Crippen molar-refractivity contribution < 1.29 is 9.18 Å². The second-order valence-electron chi connectivity index (χ2n) is 7.09. The molecule has 1 unspecified atom stereocenters. The lowest BCUT2D eigenvalue weighted by molar-refractivity contribution is -0.119. The minimum atomic E-state index is -0.394. The van der Waals surface area contributed by atoms with E-state index in [4.69, 9.17) is 0 Å². The third-order valence-corrected chi connectivity index (χ3v) is 5.25. The van der Waals surface area contributed by atoms with Crippen molar-refractivity contribution in [3.8, 4) is 11.1 Å². The fourth-order valence-corrected chi connectivity index (χ4v) is 3.61. The zero-order valence-corrected chi connectivity index (χ0v) is 15.3. The summed E-state index contributed by atoms with van der Waals surface area (Å²) in [6, 6.07) is 14.8. The number of nitrogens with one attached hydrogen (secondary N) is 1. The lowest BCUT2D eigenvalue weighted by Crippen LogP contribution is -2.29. The number of halogens is 1. The van der Waals surface area contributed by atoms with Gasteiger partial charge in [-0.2, -0.15) is 0 Å². The van der Waals surface area contributed by atoms with Gasteiger partial charge in [-0.15, -0.1) is 0 Å². The normalized spacial score (nSPS) is 16.6. The summed E-state index contributed by atoms with van der Waals surface area (Å²) in [5.41, 5.74) is 2.85. The molecule has 5 heteroatoms. The first-order valence-electron chi connectivity index (χ1n) is 9.24. The van der Waals surface area contributed by atoms with Gasteiger partial charge in [-0.05, 0) is 60.8 Å². The third kappa shape index (κ3) is 3.69. The summed E-state index contributed by atoms with van der Waals surface area (Å²) in [5, 5.41) is 4.30. The Labute approximate surface area is 158 Å². The maximum atomic E-state index is 14.8. The van der Waals surface area contributed by atoms with E-state index in [1.807, 2.05) is 36.4 Å². The molecule has 0 saturated carbocycles. The molecule has 1 amide bonds. The molecule has 1 saturated heterocycles. The van der Waals surface area contributed by atoms with Crippen LogP contribution in [0.25, 0.3) is 22.0 Å². The van der Waals surface area contributed by atoms with Crippen LogP contribution in [0.3, 0.4) is 0 Å². The van der Waals surface area contributed by atoms with Crippen LogP contribution in [0.5, 0.6) is 0 Å². The van der Waals surface area contributed by atoms with Gasteiger partial charge in [0, 0.05) is 25.1 Å². The van der Waals surface area contributed by atoms with Crippen molar-refractivity contribution in [3.63, 3.8) is 0 Å². The van der Waals surface area contributed by atoms with E-state index in [2.05, 4.69) is 10.3 Å². The highest BCUT2D eigenvalue weighted by Crippen LogP contribution is 2.28. The Bertz CT molecular complexity index is 982. The Kier molecular flexibility index (Phi) is 4.86. The molecule has 138 valence electrons. The Morgan fingerprint density at radius 2 is 2.04 bits per heavy atom. The number of carbonyl (C=O) groups is 1. The number of benzene rings is 2. The van der Waals surface area contributed by atoms with E-state index in [-0.39, 0.29) is 5.91 Å². The van der Waals surface area contributed by atoms with Crippen molar-refractivity contribution in [2.24, 2.45) is 5.92 Å². The number of hydrogen-bond acceptors (Lipinski definition) is 3. The van der Waals surface area contributed by atoms with Crippen LogP contribution in [0.15, 0.2) is 54.7 Å². The summed E-state index contributed by atoms with van der Waals surface area (Å²) in [6.07, 6.45) is 3.19. The zero-order valence-electron chi connectivity index (χ0n) is 15.3. The molecule has 27 heavy (non-hydrogen) atoms. The molecule has 1 atom stereocenters. The first-order valence-corrected chi connectivity index (χ1v) is 9.24. The van der Waals surface area contributed by atoms with Crippen LogP contribution in [0, 0.1) is 11.7 Å². The smallest absolute Gasteiger partial charge is 0.227 e. The fourth-order valence-electron chi connectivity index (χ4n) is 3.61. The second kappa shape index (κ2) is 7.45. The first-order chi connectivity index (χ1) is 13.1. The highest BCUT2D eigenvalue weighted by molar-refractivity contribution is 5.93. The lowest BCUT2D eigenvalue weighted by Gasteiger charge is -2.20. The van der Waals surface area contributed by atoms with Gasteiger partial charge in [0.25, 0.3) is 0 Å². The zero-order chi connectivity index (χ0) is 18.8. The maximum absolute atomic E-state index is 14.8. The van der Waals surface area contributed by atoms with E-state index in [1.54, 1.807) is 19.3 Å². The number of anilines is 1. The molecule has 2 aromatic carbocycles. The van der Waals surface area contributed by atoms with Crippen LogP contribution >= 0.6 is 0 Å². The van der Waals surface area contributed by atoms with E-state index in [0.717, 1.165) is 41.5 Å². The summed E-state index contributed by atoms with van der Waals surface area (Å²) < 4.78 is 14.8. The van der Waals surface area contributed by atoms with E-state index < -0.39 is 5.82 Å². The number of nitrogens with zero attached hydrogens (tertiary/aromatic N) is 2. The highest BCUT2D eigenvalue weighted by Gasteiger charge is 2.22. The van der Waals surface area contributed by atoms with Gasteiger partial charge in [-0.1, -0.05) is 24.3 Å². The molecular formula is C22H22FN3O. The SMILES string of the molecule is CN(C(=O)CC1CCNC1)c1ccc(-c2ccc3cccnc3c2)cc1F. The molecule has 0 spiro atoms. The molecule has 1 aromatic heterocycles. The molecule has 0 aliphatic carbocycles. The summed E-state index contributed by atoms with van der Waals surface area (Å²) in [5.74, 6) is -0.105. The number of pyridine rings is 1. The first kappa shape index (κ1) is 17.6. The van der Waals surface area contributed by atoms with Gasteiger partial charge in [0.05, 0.1) is 11.2 Å². The van der Waals surface area contributed by atoms with E-state index >= 15 is 0 Å². The molecule has 0 bridgehead atoms. The van der Waals surface area contributed by atoms with E-state index in [9.17, 15) is 9.18 Å². The molecule has 3 aromatic rings. The predicted molar refractivity (Wildman–Crippen MR) is 106 cm³/mol. The number of carbonyl (C=O) groups excluding carboxylic acids is 1. The largest absolute Gasteiger partial charge is 0.316 e. The quantitative estimate of drug-likeness (QED) is 0.762. The average Bonchev–Trinajstić information content (AvgIpc) is 3.20. The van der Waals surface area contributed by atoms with Crippen LogP contribution in [0.1, 0.15) is 12.8 Å². The molecule has 1 fully saturated rings. The van der Waals surface area contributed by atoms with Gasteiger partial charge < -0.3 is 10.2 Å². The summed E-state index contributed by atoms with van der Waals surface area (Å²) in [6.45, 7) is 1.81. The number of fused-ring (bicyclic) bond motifs is 1. The molecule has 4 rings (SSSR count). The molecule has 1 aliphatic rings. The van der Waals surface area contributed by atoms with Gasteiger partial charge in [0.2, 0.25) is 5.91 Å². The van der Waals surface area contributed by atoms with E-state index in [1.165, 1.54) is 11.0 Å². The Morgan fingerprint density at radius 3 is 2.81 bits per heavy atom. The van der Waals surface area contributed by atoms with E-state index in [0.29, 0.717) is 18.0 Å². The molecule has 0 radical (unpaired) electrons. The number of aromatic nitrogens is 1. The average molecular weight is 363 g/mol. The summed E-state index contributed by atoms with van der Waals surface area (Å²) >= 11 is 0. The number of hydrogen-bond donors (Lipinski definition) is 1. The van der Waals surface area contributed by atoms with Crippen LogP contribution < -0.4 is 10.2 Å². The topological polar surface area (TPSA) is 45.2 Å². The minimum absolute atomic E-state index is 0.0507. The summed E-state index contributed by atoms with van der Waals surface area (Å²) in [4.78, 5) is 18.3. The van der Waals surface area contributed by atoms with Crippen LogP contribution in [-0.4, -0.2) is 31.0 Å². The van der Waals surface area contributed by atoms with Gasteiger partial charge in [0.1, 0.15) is 5.82 Å². The second-order valence-corrected chi connectivity index (χ2v) is 7.09. The predicted octanol–water partition coefficient (Wildman–Crippen LogP) is 4.00. The Morgan fingerprint density at radius 1 is 1.22 bits per heavy atom. The monoisotopic (exact) mass is 363 g/mol. The van der Waals surface area contributed by atoms with Crippen molar-refractivity contribution in [2.75, 3.05) is 25.0 Å². The summed E-state index contributed by atoms with van der Waals surface area (Å²) in [7, 11) is 1.64. The van der Waals surface area contributed by atoms with Crippen LogP contribution in [0.2, 0.25) is 0 Å². The lowest BCUT2D eigenvalue weighted by atomic mass is 10.0. The maximum Gasteiger partial charge on any atom is 0.227 e. The van der Waals surface area contributed by atoms with Gasteiger partial charge >= 0.3 is 0 Å². The standard InChI is InChI=1S/C22H22FN3O/c1-26(22(27)11-15-8-10-24-14-15)21-7-6-17(12-19(21)23)18-5-4-16-3-2-9-25-20(16)13-18/h2-7,9,12-13,15,24H,8,10-11,14H2,1H3. The van der Waals surface area contributed by atoms with Crippen molar-refractivity contribution in [2.45, 2.75) is 12.8 Å². The highest BCUT2D eigenvalue weighted by atomic mass is 19.1. The van der Waals surface area contributed by atoms with Crippen molar-refractivity contribution >= 4 is 22.5 Å². The van der Waals surface area contributed by atoms with Crippen molar-refractivity contribution in [3.05, 3.63) is 60.5 Å². The molecule has 2 heterocycles. The number of amides is 1. The molecule has 1 aliphatic heterocycles. The molecule has 4 nitrogen and oxygen atoms in total.